The molecule has 1 N–H and O–H groups in total. The Balaban J connectivity index is 2.74. The van der Waals surface area contributed by atoms with E-state index in [-0.39, 0.29) is 17.1 Å². The molecule has 1 aliphatic rings. The molecule has 1 heterocycles. The second-order valence-corrected chi connectivity index (χ2v) is 5.10. The van der Waals surface area contributed by atoms with Crippen LogP contribution in [0.4, 0.5) is 0 Å². The van der Waals surface area contributed by atoms with Crippen LogP contribution >= 0.6 is 0 Å². The lowest BCUT2D eigenvalue weighted by molar-refractivity contribution is -0.146. The van der Waals surface area contributed by atoms with Gasteiger partial charge in [-0.15, -0.1) is 0 Å². The topological polar surface area (TPSA) is 47.6 Å². The van der Waals surface area contributed by atoms with E-state index in [2.05, 4.69) is 26.1 Å². The SMILES string of the molecule is CCNC1(CC(=O)OC)CCOC(C)(C)C1. The summed E-state index contributed by atoms with van der Waals surface area (Å²) < 4.78 is 10.5. The predicted octanol–water partition coefficient (Wildman–Crippen LogP) is 1.49. The van der Waals surface area contributed by atoms with Gasteiger partial charge in [0.05, 0.1) is 19.1 Å². The fourth-order valence-electron chi connectivity index (χ4n) is 2.56. The van der Waals surface area contributed by atoms with Gasteiger partial charge in [-0.05, 0) is 33.2 Å². The lowest BCUT2D eigenvalue weighted by atomic mass is 9.79. The maximum atomic E-state index is 11.5. The van der Waals surface area contributed by atoms with Crippen LogP contribution in [0.25, 0.3) is 0 Å². The van der Waals surface area contributed by atoms with E-state index in [0.717, 1.165) is 19.4 Å². The lowest BCUT2D eigenvalue weighted by Crippen LogP contribution is -2.55. The van der Waals surface area contributed by atoms with Crippen LogP contribution in [-0.4, -0.2) is 37.4 Å². The first-order valence-electron chi connectivity index (χ1n) is 5.89. The predicted molar refractivity (Wildman–Crippen MR) is 62.3 cm³/mol. The van der Waals surface area contributed by atoms with Crippen LogP contribution in [0.2, 0.25) is 0 Å². The number of esters is 1. The number of hydrogen-bond acceptors (Lipinski definition) is 4. The molecule has 1 atom stereocenters. The summed E-state index contributed by atoms with van der Waals surface area (Å²) in [5.41, 5.74) is -0.335. The second-order valence-electron chi connectivity index (χ2n) is 5.10. The van der Waals surface area contributed by atoms with Gasteiger partial charge < -0.3 is 14.8 Å². The Morgan fingerprint density at radius 1 is 1.50 bits per heavy atom. The summed E-state index contributed by atoms with van der Waals surface area (Å²) in [6.07, 6.45) is 2.12. The van der Waals surface area contributed by atoms with Crippen LogP contribution < -0.4 is 5.32 Å². The minimum absolute atomic E-state index is 0.154. The fourth-order valence-corrected chi connectivity index (χ4v) is 2.56. The van der Waals surface area contributed by atoms with Gasteiger partial charge in [0.25, 0.3) is 0 Å². The zero-order valence-corrected chi connectivity index (χ0v) is 10.8. The van der Waals surface area contributed by atoms with Crippen molar-refractivity contribution >= 4 is 5.97 Å². The first kappa shape index (κ1) is 13.5. The monoisotopic (exact) mass is 229 g/mol. The highest BCUT2D eigenvalue weighted by atomic mass is 16.5. The summed E-state index contributed by atoms with van der Waals surface area (Å²) in [5, 5.41) is 3.44. The highest BCUT2D eigenvalue weighted by molar-refractivity contribution is 5.70. The number of rotatable bonds is 4. The van der Waals surface area contributed by atoms with E-state index in [1.54, 1.807) is 0 Å². The summed E-state index contributed by atoms with van der Waals surface area (Å²) in [5.74, 6) is -0.154. The molecule has 1 unspecified atom stereocenters. The van der Waals surface area contributed by atoms with E-state index in [1.807, 2.05) is 0 Å². The summed E-state index contributed by atoms with van der Waals surface area (Å²) in [4.78, 5) is 11.5. The molecule has 1 rings (SSSR count). The average Bonchev–Trinajstić information content (AvgIpc) is 2.16. The third kappa shape index (κ3) is 3.46. The van der Waals surface area contributed by atoms with Gasteiger partial charge in [0.2, 0.25) is 0 Å². The van der Waals surface area contributed by atoms with Gasteiger partial charge in [-0.1, -0.05) is 6.92 Å². The van der Waals surface area contributed by atoms with Crippen LogP contribution in [0, 0.1) is 0 Å². The molecule has 94 valence electrons. The van der Waals surface area contributed by atoms with Gasteiger partial charge in [-0.2, -0.15) is 0 Å². The Morgan fingerprint density at radius 3 is 2.69 bits per heavy atom. The Bertz CT molecular complexity index is 249. The molecule has 0 aromatic rings. The molecule has 0 radical (unpaired) electrons. The van der Waals surface area contributed by atoms with Gasteiger partial charge in [0, 0.05) is 12.1 Å². The lowest BCUT2D eigenvalue weighted by Gasteiger charge is -2.45. The Labute approximate surface area is 97.7 Å². The van der Waals surface area contributed by atoms with Crippen molar-refractivity contribution in [3.63, 3.8) is 0 Å². The largest absolute Gasteiger partial charge is 0.469 e. The quantitative estimate of drug-likeness (QED) is 0.742. The molecular weight excluding hydrogens is 206 g/mol. The minimum Gasteiger partial charge on any atom is -0.469 e. The summed E-state index contributed by atoms with van der Waals surface area (Å²) in [6.45, 7) is 7.73. The van der Waals surface area contributed by atoms with E-state index < -0.39 is 0 Å². The summed E-state index contributed by atoms with van der Waals surface area (Å²) in [7, 11) is 1.44. The Hall–Kier alpha value is -0.610. The van der Waals surface area contributed by atoms with Crippen LogP contribution in [0.5, 0.6) is 0 Å². The maximum absolute atomic E-state index is 11.5. The number of methoxy groups -OCH3 is 1. The number of hydrogen-bond donors (Lipinski definition) is 1. The molecule has 16 heavy (non-hydrogen) atoms. The molecule has 1 aliphatic heterocycles. The standard InChI is InChI=1S/C12H23NO3/c1-5-13-12(8-10(14)15-4)6-7-16-11(2,3)9-12/h13H,5-9H2,1-4H3. The van der Waals surface area contributed by atoms with Crippen molar-refractivity contribution in [2.45, 2.75) is 51.2 Å². The normalized spacial score (nSPS) is 28.8. The number of carbonyl (C=O) groups is 1. The van der Waals surface area contributed by atoms with E-state index >= 15 is 0 Å². The average molecular weight is 229 g/mol. The first-order valence-corrected chi connectivity index (χ1v) is 5.89. The zero-order valence-electron chi connectivity index (χ0n) is 10.8. The van der Waals surface area contributed by atoms with Crippen molar-refractivity contribution in [2.24, 2.45) is 0 Å². The van der Waals surface area contributed by atoms with Gasteiger partial charge >= 0.3 is 5.97 Å². The Kier molecular flexibility index (Phi) is 4.33. The molecular formula is C12H23NO3. The smallest absolute Gasteiger partial charge is 0.307 e. The van der Waals surface area contributed by atoms with Crippen molar-refractivity contribution in [1.82, 2.24) is 5.32 Å². The maximum Gasteiger partial charge on any atom is 0.307 e. The zero-order chi connectivity index (χ0) is 12.2. The van der Waals surface area contributed by atoms with Crippen molar-refractivity contribution in [3.05, 3.63) is 0 Å². The minimum atomic E-state index is -0.172. The number of ether oxygens (including phenoxy) is 2. The second kappa shape index (κ2) is 5.15. The molecule has 0 amide bonds. The highest BCUT2D eigenvalue weighted by Crippen LogP contribution is 2.34. The third-order valence-corrected chi connectivity index (χ3v) is 3.10. The fraction of sp³-hybridized carbons (Fsp3) is 0.917. The molecule has 4 heteroatoms. The van der Waals surface area contributed by atoms with E-state index in [1.165, 1.54) is 7.11 Å². The van der Waals surface area contributed by atoms with Crippen molar-refractivity contribution in [2.75, 3.05) is 20.3 Å². The molecule has 0 spiro atoms. The van der Waals surface area contributed by atoms with Crippen molar-refractivity contribution < 1.29 is 14.3 Å². The summed E-state index contributed by atoms with van der Waals surface area (Å²) in [6, 6.07) is 0. The van der Waals surface area contributed by atoms with Gasteiger partial charge in [0.1, 0.15) is 0 Å². The first-order chi connectivity index (χ1) is 7.43. The molecule has 0 aromatic carbocycles. The molecule has 0 aliphatic carbocycles. The molecule has 0 aromatic heterocycles. The molecule has 0 saturated carbocycles. The molecule has 0 bridgehead atoms. The number of carbonyl (C=O) groups excluding carboxylic acids is 1. The Morgan fingerprint density at radius 2 is 2.19 bits per heavy atom. The number of nitrogens with one attached hydrogen (secondary N) is 1. The van der Waals surface area contributed by atoms with Crippen LogP contribution in [-0.2, 0) is 14.3 Å². The van der Waals surface area contributed by atoms with Crippen LogP contribution in [0.15, 0.2) is 0 Å². The van der Waals surface area contributed by atoms with E-state index in [0.29, 0.717) is 13.0 Å². The van der Waals surface area contributed by atoms with Crippen LogP contribution in [0.1, 0.15) is 40.0 Å². The molecule has 1 saturated heterocycles. The van der Waals surface area contributed by atoms with E-state index in [9.17, 15) is 4.79 Å². The van der Waals surface area contributed by atoms with Gasteiger partial charge in [-0.3, -0.25) is 4.79 Å². The van der Waals surface area contributed by atoms with Gasteiger partial charge in [-0.25, -0.2) is 0 Å². The van der Waals surface area contributed by atoms with Gasteiger partial charge in [0.15, 0.2) is 0 Å². The van der Waals surface area contributed by atoms with E-state index in [4.69, 9.17) is 9.47 Å². The molecule has 4 nitrogen and oxygen atoms in total. The molecule has 1 fully saturated rings. The van der Waals surface area contributed by atoms with Crippen molar-refractivity contribution in [3.8, 4) is 0 Å². The summed E-state index contributed by atoms with van der Waals surface area (Å²) >= 11 is 0. The van der Waals surface area contributed by atoms with Crippen molar-refractivity contribution in [1.29, 1.82) is 0 Å². The highest BCUT2D eigenvalue weighted by Gasteiger charge is 2.41. The third-order valence-electron chi connectivity index (χ3n) is 3.10. The van der Waals surface area contributed by atoms with Crippen LogP contribution in [0.3, 0.4) is 0 Å².